The minimum Gasteiger partial charge on any atom is -0.497 e. The lowest BCUT2D eigenvalue weighted by Crippen LogP contribution is -2.49. The number of carbonyl (C=O) groups is 2. The molecule has 3 aromatic carbocycles. The third-order valence-corrected chi connectivity index (χ3v) is 5.09. The van der Waals surface area contributed by atoms with Crippen LogP contribution in [0.2, 0.25) is 0 Å². The maximum atomic E-state index is 12.8. The molecule has 0 spiro atoms. The Morgan fingerprint density at radius 3 is 2.40 bits per heavy atom. The summed E-state index contributed by atoms with van der Waals surface area (Å²) >= 11 is 0. The molecule has 0 saturated heterocycles. The standard InChI is InChI=1S/C25H28N2O3/c1-16(2)23(27-24(28)21-7-5-6-17(3)12-21)25(29)26-15-18-8-9-20-14-22(30-4)11-10-19(20)13-18/h5-14,16,23H,15H2,1-4H3,(H,26,29)(H,27,28). The van der Waals surface area contributed by atoms with Crippen LogP contribution in [0, 0.1) is 12.8 Å². The van der Waals surface area contributed by atoms with Gasteiger partial charge in [-0.05, 0) is 59.5 Å². The predicted octanol–water partition coefficient (Wildman–Crippen LogP) is 4.23. The van der Waals surface area contributed by atoms with Gasteiger partial charge in [0.1, 0.15) is 11.8 Å². The van der Waals surface area contributed by atoms with Gasteiger partial charge in [0.25, 0.3) is 5.91 Å². The summed E-state index contributed by atoms with van der Waals surface area (Å²) in [6.07, 6.45) is 0. The number of carbonyl (C=O) groups excluding carboxylic acids is 2. The second-order valence-electron chi connectivity index (χ2n) is 7.83. The van der Waals surface area contributed by atoms with E-state index < -0.39 is 6.04 Å². The Bertz CT molecular complexity index is 1060. The summed E-state index contributed by atoms with van der Waals surface area (Å²) in [5.41, 5.74) is 2.55. The quantitative estimate of drug-likeness (QED) is 0.619. The Labute approximate surface area is 177 Å². The highest BCUT2D eigenvalue weighted by Crippen LogP contribution is 2.22. The van der Waals surface area contributed by atoms with Gasteiger partial charge in [0, 0.05) is 12.1 Å². The monoisotopic (exact) mass is 404 g/mol. The van der Waals surface area contributed by atoms with Crippen molar-refractivity contribution in [2.45, 2.75) is 33.4 Å². The average molecular weight is 405 g/mol. The minimum absolute atomic E-state index is 0.0390. The number of amides is 2. The normalized spacial score (nSPS) is 11.9. The fraction of sp³-hybridized carbons (Fsp3) is 0.280. The number of hydrogen-bond donors (Lipinski definition) is 2. The van der Waals surface area contributed by atoms with E-state index in [2.05, 4.69) is 10.6 Å². The summed E-state index contributed by atoms with van der Waals surface area (Å²) < 4.78 is 5.26. The molecule has 156 valence electrons. The zero-order valence-electron chi connectivity index (χ0n) is 17.9. The molecule has 0 bridgehead atoms. The van der Waals surface area contributed by atoms with Crippen LogP contribution in [0.4, 0.5) is 0 Å². The maximum Gasteiger partial charge on any atom is 0.251 e. The number of benzene rings is 3. The van der Waals surface area contributed by atoms with Gasteiger partial charge in [-0.3, -0.25) is 9.59 Å². The molecule has 0 saturated carbocycles. The van der Waals surface area contributed by atoms with Gasteiger partial charge in [-0.1, -0.05) is 49.7 Å². The van der Waals surface area contributed by atoms with E-state index >= 15 is 0 Å². The third-order valence-electron chi connectivity index (χ3n) is 5.09. The molecule has 0 heterocycles. The largest absolute Gasteiger partial charge is 0.497 e. The topological polar surface area (TPSA) is 67.4 Å². The lowest BCUT2D eigenvalue weighted by Gasteiger charge is -2.22. The molecule has 0 fully saturated rings. The lowest BCUT2D eigenvalue weighted by molar-refractivity contribution is -0.124. The van der Waals surface area contributed by atoms with Crippen LogP contribution >= 0.6 is 0 Å². The number of fused-ring (bicyclic) bond motifs is 1. The van der Waals surface area contributed by atoms with Crippen molar-refractivity contribution in [1.82, 2.24) is 10.6 Å². The van der Waals surface area contributed by atoms with Gasteiger partial charge in [-0.15, -0.1) is 0 Å². The first-order valence-electron chi connectivity index (χ1n) is 10.1. The van der Waals surface area contributed by atoms with Crippen molar-refractivity contribution in [3.63, 3.8) is 0 Å². The number of aryl methyl sites for hydroxylation is 1. The molecular weight excluding hydrogens is 376 g/mol. The molecule has 5 heteroatoms. The van der Waals surface area contributed by atoms with Crippen LogP contribution in [0.1, 0.15) is 35.3 Å². The van der Waals surface area contributed by atoms with Crippen LogP contribution in [-0.4, -0.2) is 25.0 Å². The molecule has 0 aliphatic rings. The molecule has 3 aromatic rings. The van der Waals surface area contributed by atoms with E-state index in [1.54, 1.807) is 13.2 Å². The molecule has 3 rings (SSSR count). The van der Waals surface area contributed by atoms with E-state index in [0.29, 0.717) is 12.1 Å². The van der Waals surface area contributed by atoms with Crippen molar-refractivity contribution in [1.29, 1.82) is 0 Å². The first-order chi connectivity index (χ1) is 14.4. The summed E-state index contributed by atoms with van der Waals surface area (Å²) in [7, 11) is 1.65. The van der Waals surface area contributed by atoms with Crippen molar-refractivity contribution in [3.05, 3.63) is 77.4 Å². The highest BCUT2D eigenvalue weighted by atomic mass is 16.5. The Balaban J connectivity index is 1.66. The Morgan fingerprint density at radius 2 is 1.70 bits per heavy atom. The summed E-state index contributed by atoms with van der Waals surface area (Å²) in [4.78, 5) is 25.4. The van der Waals surface area contributed by atoms with Gasteiger partial charge in [-0.25, -0.2) is 0 Å². The van der Waals surface area contributed by atoms with Crippen molar-refractivity contribution in [2.75, 3.05) is 7.11 Å². The zero-order chi connectivity index (χ0) is 21.7. The van der Waals surface area contributed by atoms with Crippen LogP contribution in [0.5, 0.6) is 5.75 Å². The molecule has 2 N–H and O–H groups in total. The Hall–Kier alpha value is -3.34. The number of methoxy groups -OCH3 is 1. The molecular formula is C25H28N2O3. The smallest absolute Gasteiger partial charge is 0.251 e. The van der Waals surface area contributed by atoms with E-state index in [9.17, 15) is 9.59 Å². The zero-order valence-corrected chi connectivity index (χ0v) is 17.9. The van der Waals surface area contributed by atoms with Crippen LogP contribution in [0.25, 0.3) is 10.8 Å². The van der Waals surface area contributed by atoms with Crippen molar-refractivity contribution >= 4 is 22.6 Å². The van der Waals surface area contributed by atoms with E-state index in [0.717, 1.165) is 27.6 Å². The molecule has 0 radical (unpaired) electrons. The van der Waals surface area contributed by atoms with Crippen molar-refractivity contribution in [3.8, 4) is 5.75 Å². The van der Waals surface area contributed by atoms with Gasteiger partial charge >= 0.3 is 0 Å². The minimum atomic E-state index is -0.609. The SMILES string of the molecule is COc1ccc2cc(CNC(=O)C(NC(=O)c3cccc(C)c3)C(C)C)ccc2c1. The number of rotatable bonds is 7. The van der Waals surface area contributed by atoms with Crippen LogP contribution < -0.4 is 15.4 Å². The second-order valence-corrected chi connectivity index (χ2v) is 7.83. The van der Waals surface area contributed by atoms with Gasteiger partial charge in [0.2, 0.25) is 5.91 Å². The second kappa shape index (κ2) is 9.44. The van der Waals surface area contributed by atoms with E-state index in [-0.39, 0.29) is 17.7 Å². The summed E-state index contributed by atoms with van der Waals surface area (Å²) in [5, 5.41) is 7.99. The summed E-state index contributed by atoms with van der Waals surface area (Å²) in [5.74, 6) is 0.337. The van der Waals surface area contributed by atoms with Crippen LogP contribution in [0.3, 0.4) is 0 Å². The van der Waals surface area contributed by atoms with E-state index in [1.807, 2.05) is 75.4 Å². The number of nitrogens with one attached hydrogen (secondary N) is 2. The molecule has 0 aliphatic carbocycles. The van der Waals surface area contributed by atoms with E-state index in [1.165, 1.54) is 0 Å². The van der Waals surface area contributed by atoms with Crippen molar-refractivity contribution < 1.29 is 14.3 Å². The van der Waals surface area contributed by atoms with Gasteiger partial charge in [0.15, 0.2) is 0 Å². The summed E-state index contributed by atoms with van der Waals surface area (Å²) in [6.45, 7) is 6.17. The molecule has 0 aliphatic heterocycles. The number of hydrogen-bond acceptors (Lipinski definition) is 3. The maximum absolute atomic E-state index is 12.8. The van der Waals surface area contributed by atoms with Gasteiger partial charge in [0.05, 0.1) is 7.11 Å². The highest BCUT2D eigenvalue weighted by molar-refractivity contribution is 5.97. The first kappa shape index (κ1) is 21.4. The lowest BCUT2D eigenvalue weighted by atomic mass is 10.0. The number of ether oxygens (including phenoxy) is 1. The Morgan fingerprint density at radius 1 is 0.967 bits per heavy atom. The molecule has 5 nitrogen and oxygen atoms in total. The fourth-order valence-corrected chi connectivity index (χ4v) is 3.36. The Kier molecular flexibility index (Phi) is 6.72. The van der Waals surface area contributed by atoms with Crippen molar-refractivity contribution in [2.24, 2.45) is 5.92 Å². The van der Waals surface area contributed by atoms with Crippen LogP contribution in [0.15, 0.2) is 60.7 Å². The van der Waals surface area contributed by atoms with Gasteiger partial charge < -0.3 is 15.4 Å². The molecule has 1 atom stereocenters. The average Bonchev–Trinajstić information content (AvgIpc) is 2.74. The predicted molar refractivity (Wildman–Crippen MR) is 120 cm³/mol. The van der Waals surface area contributed by atoms with E-state index in [4.69, 9.17) is 4.74 Å². The van der Waals surface area contributed by atoms with Gasteiger partial charge in [-0.2, -0.15) is 0 Å². The molecule has 1 unspecified atom stereocenters. The fourth-order valence-electron chi connectivity index (χ4n) is 3.36. The summed E-state index contributed by atoms with van der Waals surface area (Å²) in [6, 6.07) is 18.7. The molecule has 30 heavy (non-hydrogen) atoms. The first-order valence-corrected chi connectivity index (χ1v) is 10.1. The third kappa shape index (κ3) is 5.17. The molecule has 2 amide bonds. The molecule has 0 aromatic heterocycles. The van der Waals surface area contributed by atoms with Crippen LogP contribution in [-0.2, 0) is 11.3 Å². The highest BCUT2D eigenvalue weighted by Gasteiger charge is 2.24.